The molecule has 8 heteroatoms. The Morgan fingerprint density at radius 3 is 2.26 bits per heavy atom. The second-order valence-electron chi connectivity index (χ2n) is 7.73. The van der Waals surface area contributed by atoms with E-state index < -0.39 is 6.36 Å². The van der Waals surface area contributed by atoms with Gasteiger partial charge in [0.05, 0.1) is 6.61 Å². The summed E-state index contributed by atoms with van der Waals surface area (Å²) < 4.78 is 58.5. The second-order valence-corrected chi connectivity index (χ2v) is 7.73. The molecule has 0 radical (unpaired) electrons. The summed E-state index contributed by atoms with van der Waals surface area (Å²) in [6.07, 6.45) is -0.244. The standard InChI is InChI=1S/C23H26F3NO4/c24-23(25,26)31-21-5-3-4-20(16-21)29-19-11-13-27(14-12-19)17-7-9-18(10-8-17)30-22-6-1-2-15-28-22/h3-5,7-10,16,19,22H,1-2,6,11-15H2. The fourth-order valence-corrected chi connectivity index (χ4v) is 3.86. The minimum atomic E-state index is -4.71. The molecule has 168 valence electrons. The lowest BCUT2D eigenvalue weighted by Gasteiger charge is -2.34. The van der Waals surface area contributed by atoms with E-state index in [0.717, 1.165) is 63.2 Å². The average molecular weight is 437 g/mol. The highest BCUT2D eigenvalue weighted by molar-refractivity contribution is 5.49. The van der Waals surface area contributed by atoms with Crippen LogP contribution >= 0.6 is 0 Å². The highest BCUT2D eigenvalue weighted by Crippen LogP contribution is 2.29. The summed E-state index contributed by atoms with van der Waals surface area (Å²) >= 11 is 0. The highest BCUT2D eigenvalue weighted by atomic mass is 19.4. The Labute approximate surface area is 179 Å². The van der Waals surface area contributed by atoms with E-state index in [4.69, 9.17) is 14.2 Å². The summed E-state index contributed by atoms with van der Waals surface area (Å²) in [5, 5.41) is 0. The molecular formula is C23H26F3NO4. The lowest BCUT2D eigenvalue weighted by atomic mass is 10.1. The van der Waals surface area contributed by atoms with Crippen molar-refractivity contribution in [1.82, 2.24) is 0 Å². The Hall–Kier alpha value is -2.61. The van der Waals surface area contributed by atoms with Crippen LogP contribution in [0.2, 0.25) is 0 Å². The predicted octanol–water partition coefficient (Wildman–Crippen LogP) is 5.54. The maximum absolute atomic E-state index is 12.4. The smallest absolute Gasteiger partial charge is 0.490 e. The van der Waals surface area contributed by atoms with Crippen molar-refractivity contribution in [3.8, 4) is 17.2 Å². The van der Waals surface area contributed by atoms with E-state index in [9.17, 15) is 13.2 Å². The van der Waals surface area contributed by atoms with Crippen molar-refractivity contribution in [3.63, 3.8) is 0 Å². The molecule has 0 aromatic heterocycles. The first-order valence-corrected chi connectivity index (χ1v) is 10.6. The summed E-state index contributed by atoms with van der Waals surface area (Å²) in [4.78, 5) is 2.27. The number of piperidine rings is 1. The Morgan fingerprint density at radius 1 is 0.839 bits per heavy atom. The molecule has 1 atom stereocenters. The van der Waals surface area contributed by atoms with Gasteiger partial charge in [-0.25, -0.2) is 0 Å². The van der Waals surface area contributed by atoms with E-state index in [1.807, 2.05) is 24.3 Å². The van der Waals surface area contributed by atoms with Crippen LogP contribution in [-0.2, 0) is 4.74 Å². The van der Waals surface area contributed by atoms with Crippen LogP contribution < -0.4 is 19.1 Å². The monoisotopic (exact) mass is 437 g/mol. The van der Waals surface area contributed by atoms with Gasteiger partial charge in [-0.3, -0.25) is 0 Å². The molecule has 0 bridgehead atoms. The van der Waals surface area contributed by atoms with Gasteiger partial charge in [-0.1, -0.05) is 6.07 Å². The molecule has 0 aliphatic carbocycles. The SMILES string of the molecule is FC(F)(F)Oc1cccc(OC2CCN(c3ccc(OC4CCCCO4)cc3)CC2)c1. The summed E-state index contributed by atoms with van der Waals surface area (Å²) in [5.74, 6) is 0.907. The van der Waals surface area contributed by atoms with Gasteiger partial charge >= 0.3 is 6.36 Å². The first-order chi connectivity index (χ1) is 14.9. The van der Waals surface area contributed by atoms with Gasteiger partial charge in [0.15, 0.2) is 6.29 Å². The Kier molecular flexibility index (Phi) is 6.75. The molecular weight excluding hydrogens is 411 g/mol. The third kappa shape index (κ3) is 6.43. The zero-order chi connectivity index (χ0) is 21.7. The second kappa shape index (κ2) is 9.68. The molecule has 2 aromatic carbocycles. The van der Waals surface area contributed by atoms with E-state index in [-0.39, 0.29) is 18.1 Å². The molecule has 0 spiro atoms. The molecule has 2 heterocycles. The van der Waals surface area contributed by atoms with Crippen LogP contribution in [-0.4, -0.2) is 38.5 Å². The molecule has 2 aliphatic rings. The quantitative estimate of drug-likeness (QED) is 0.594. The first kappa shape index (κ1) is 21.6. The number of halogens is 3. The minimum absolute atomic E-state index is 0.0524. The molecule has 2 saturated heterocycles. The van der Waals surface area contributed by atoms with Crippen LogP contribution in [0.3, 0.4) is 0 Å². The molecule has 2 fully saturated rings. The van der Waals surface area contributed by atoms with Crippen molar-refractivity contribution < 1.29 is 32.1 Å². The zero-order valence-electron chi connectivity index (χ0n) is 17.1. The van der Waals surface area contributed by atoms with Crippen LogP contribution in [0.25, 0.3) is 0 Å². The predicted molar refractivity (Wildman–Crippen MR) is 110 cm³/mol. The van der Waals surface area contributed by atoms with Crippen molar-refractivity contribution in [1.29, 1.82) is 0 Å². The third-order valence-corrected chi connectivity index (χ3v) is 5.39. The Bertz CT molecular complexity index is 829. The highest BCUT2D eigenvalue weighted by Gasteiger charge is 2.31. The normalized spacial score (nSPS) is 20.4. The first-order valence-electron chi connectivity index (χ1n) is 10.6. The summed E-state index contributed by atoms with van der Waals surface area (Å²) in [5.41, 5.74) is 1.11. The summed E-state index contributed by atoms with van der Waals surface area (Å²) in [7, 11) is 0. The maximum Gasteiger partial charge on any atom is 0.573 e. The number of ether oxygens (including phenoxy) is 4. The third-order valence-electron chi connectivity index (χ3n) is 5.39. The molecule has 2 aromatic rings. The van der Waals surface area contributed by atoms with E-state index in [1.54, 1.807) is 6.07 Å². The summed E-state index contributed by atoms with van der Waals surface area (Å²) in [6.45, 7) is 2.35. The van der Waals surface area contributed by atoms with Gasteiger partial charge in [-0.15, -0.1) is 13.2 Å². The van der Waals surface area contributed by atoms with Gasteiger partial charge in [0.2, 0.25) is 0 Å². The van der Waals surface area contributed by atoms with Gasteiger partial charge in [-0.05, 0) is 49.2 Å². The molecule has 1 unspecified atom stereocenters. The van der Waals surface area contributed by atoms with Crippen LogP contribution in [0.15, 0.2) is 48.5 Å². The fourth-order valence-electron chi connectivity index (χ4n) is 3.86. The fraction of sp³-hybridized carbons (Fsp3) is 0.478. The number of rotatable bonds is 6. The van der Waals surface area contributed by atoms with Gasteiger partial charge in [0.1, 0.15) is 23.4 Å². The van der Waals surface area contributed by atoms with Gasteiger partial charge in [-0.2, -0.15) is 0 Å². The van der Waals surface area contributed by atoms with Gasteiger partial charge < -0.3 is 23.8 Å². The van der Waals surface area contributed by atoms with E-state index in [0.29, 0.717) is 5.75 Å². The molecule has 0 amide bonds. The zero-order valence-corrected chi connectivity index (χ0v) is 17.1. The number of nitrogens with zero attached hydrogens (tertiary/aromatic N) is 1. The van der Waals surface area contributed by atoms with E-state index in [2.05, 4.69) is 9.64 Å². The molecule has 4 rings (SSSR count). The Balaban J connectivity index is 1.26. The number of anilines is 1. The molecule has 0 N–H and O–H groups in total. The molecule has 2 aliphatic heterocycles. The number of alkyl halides is 3. The van der Waals surface area contributed by atoms with Gasteiger partial charge in [0.25, 0.3) is 0 Å². The minimum Gasteiger partial charge on any atom is -0.490 e. The van der Waals surface area contributed by atoms with Crippen molar-refractivity contribution >= 4 is 5.69 Å². The molecule has 0 saturated carbocycles. The number of benzene rings is 2. The van der Waals surface area contributed by atoms with Gasteiger partial charge in [0, 0.05) is 44.1 Å². The van der Waals surface area contributed by atoms with Crippen molar-refractivity contribution in [2.24, 2.45) is 0 Å². The van der Waals surface area contributed by atoms with Crippen molar-refractivity contribution in [2.75, 3.05) is 24.6 Å². The van der Waals surface area contributed by atoms with Crippen LogP contribution in [0.5, 0.6) is 17.2 Å². The van der Waals surface area contributed by atoms with Crippen LogP contribution in [0.1, 0.15) is 32.1 Å². The average Bonchev–Trinajstić information content (AvgIpc) is 2.75. The van der Waals surface area contributed by atoms with Crippen molar-refractivity contribution in [3.05, 3.63) is 48.5 Å². The number of hydrogen-bond donors (Lipinski definition) is 0. The van der Waals surface area contributed by atoms with Crippen LogP contribution in [0.4, 0.5) is 18.9 Å². The topological polar surface area (TPSA) is 40.2 Å². The van der Waals surface area contributed by atoms with Crippen LogP contribution in [0, 0.1) is 0 Å². The lowest BCUT2D eigenvalue weighted by Crippen LogP contribution is -2.38. The van der Waals surface area contributed by atoms with E-state index >= 15 is 0 Å². The maximum atomic E-state index is 12.4. The lowest BCUT2D eigenvalue weighted by molar-refractivity contribution is -0.274. The van der Waals surface area contributed by atoms with E-state index in [1.165, 1.54) is 18.2 Å². The largest absolute Gasteiger partial charge is 0.573 e. The summed E-state index contributed by atoms with van der Waals surface area (Å²) in [6, 6.07) is 13.7. The Morgan fingerprint density at radius 2 is 1.58 bits per heavy atom. The number of hydrogen-bond acceptors (Lipinski definition) is 5. The van der Waals surface area contributed by atoms with Crippen molar-refractivity contribution in [2.45, 2.75) is 50.9 Å². The molecule has 31 heavy (non-hydrogen) atoms. The molecule has 5 nitrogen and oxygen atoms in total.